The summed E-state index contributed by atoms with van der Waals surface area (Å²) < 4.78 is 41.0. The lowest BCUT2D eigenvalue weighted by molar-refractivity contribution is -0.696. The highest BCUT2D eigenvalue weighted by molar-refractivity contribution is 7.19. The normalized spacial score (nSPS) is 11.6. The van der Waals surface area contributed by atoms with Gasteiger partial charge in [-0.1, -0.05) is 18.3 Å². The monoisotopic (exact) mass is 441 g/mol. The van der Waals surface area contributed by atoms with Gasteiger partial charge in [-0.3, -0.25) is 0 Å². The molecule has 22 heavy (non-hydrogen) atoms. The van der Waals surface area contributed by atoms with Crippen LogP contribution in [0, 0.1) is 0 Å². The third kappa shape index (κ3) is 3.21. The zero-order valence-electron chi connectivity index (χ0n) is 11.4. The number of hydrogen-bond acceptors (Lipinski definition) is 4. The molecule has 3 aromatic rings. The smallest absolute Gasteiger partial charge is 0.453 e. The van der Waals surface area contributed by atoms with Crippen molar-refractivity contribution in [1.29, 1.82) is 0 Å². The Bertz CT molecular complexity index is 783. The number of pyridine rings is 1. The summed E-state index contributed by atoms with van der Waals surface area (Å²) in [6, 6.07) is 3.66. The average Bonchev–Trinajstić information content (AvgIpc) is 2.97. The van der Waals surface area contributed by atoms with E-state index in [2.05, 4.69) is 22.2 Å². The molecular formula is C12H11F3IN5S. The van der Waals surface area contributed by atoms with Crippen LogP contribution in [0.3, 0.4) is 0 Å². The van der Waals surface area contributed by atoms with Gasteiger partial charge in [0.05, 0.1) is 5.56 Å². The van der Waals surface area contributed by atoms with E-state index in [1.807, 2.05) is 29.1 Å². The van der Waals surface area contributed by atoms with Crippen LogP contribution in [0.2, 0.25) is 0 Å². The van der Waals surface area contributed by atoms with E-state index in [0.717, 1.165) is 34.4 Å². The summed E-state index contributed by atoms with van der Waals surface area (Å²) in [5.41, 5.74) is 0.759. The molecular weight excluding hydrogens is 430 g/mol. The Morgan fingerprint density at radius 2 is 2.09 bits per heavy atom. The fraction of sp³-hybridized carbons (Fsp3) is 0.333. The lowest BCUT2D eigenvalue weighted by Gasteiger charge is -2.00. The zero-order chi connectivity index (χ0) is 15.0. The molecule has 0 saturated heterocycles. The van der Waals surface area contributed by atoms with Crippen molar-refractivity contribution in [1.82, 2.24) is 19.8 Å². The van der Waals surface area contributed by atoms with E-state index >= 15 is 0 Å². The number of nitrogens with zero attached hydrogens (tertiary/aromatic N) is 5. The number of rotatable bonds is 3. The molecule has 0 aliphatic heterocycles. The molecule has 0 radical (unpaired) electrons. The van der Waals surface area contributed by atoms with E-state index < -0.39 is 12.0 Å². The minimum Gasteiger partial charge on any atom is -1.00 e. The second-order valence-corrected chi connectivity index (χ2v) is 5.41. The summed E-state index contributed by atoms with van der Waals surface area (Å²) in [4.78, 5) is 0.128. The van der Waals surface area contributed by atoms with Crippen LogP contribution >= 0.6 is 11.3 Å². The predicted octanol–water partition coefficient (Wildman–Crippen LogP) is -0.427. The van der Waals surface area contributed by atoms with E-state index in [0.29, 0.717) is 5.01 Å². The van der Waals surface area contributed by atoms with E-state index in [1.165, 1.54) is 0 Å². The van der Waals surface area contributed by atoms with Crippen LogP contribution in [0.15, 0.2) is 24.5 Å². The van der Waals surface area contributed by atoms with Crippen molar-refractivity contribution < 1.29 is 41.7 Å². The van der Waals surface area contributed by atoms with Gasteiger partial charge in [-0.25, -0.2) is 4.57 Å². The average molecular weight is 441 g/mol. The van der Waals surface area contributed by atoms with Gasteiger partial charge in [-0.15, -0.1) is 10.2 Å². The van der Waals surface area contributed by atoms with Crippen LogP contribution in [0.1, 0.15) is 19.2 Å². The molecule has 0 fully saturated rings. The van der Waals surface area contributed by atoms with Crippen molar-refractivity contribution in [3.05, 3.63) is 30.4 Å². The van der Waals surface area contributed by atoms with Crippen molar-refractivity contribution in [2.45, 2.75) is 26.1 Å². The maximum atomic E-state index is 12.8. The summed E-state index contributed by atoms with van der Waals surface area (Å²) in [6.45, 7) is 2.89. The van der Waals surface area contributed by atoms with Crippen molar-refractivity contribution in [3.8, 4) is 10.6 Å². The molecule has 0 N–H and O–H groups in total. The van der Waals surface area contributed by atoms with Crippen molar-refractivity contribution in [2.75, 3.05) is 0 Å². The first-order valence-corrected chi connectivity index (χ1v) is 7.09. The molecule has 0 aliphatic rings. The maximum absolute atomic E-state index is 12.8. The minimum atomic E-state index is -4.57. The Kier molecular flexibility index (Phi) is 5.00. The van der Waals surface area contributed by atoms with Crippen LogP contribution in [-0.2, 0) is 12.7 Å². The molecule has 10 heteroatoms. The lowest BCUT2D eigenvalue weighted by Crippen LogP contribution is -3.00. The molecule has 3 heterocycles. The number of aromatic nitrogens is 5. The summed E-state index contributed by atoms with van der Waals surface area (Å²) in [6.07, 6.45) is 0.178. The number of alkyl halides is 3. The highest BCUT2D eigenvalue weighted by Gasteiger charge is 2.38. The molecule has 118 valence electrons. The summed E-state index contributed by atoms with van der Waals surface area (Å²) in [5, 5.41) is 11.1. The van der Waals surface area contributed by atoms with Crippen LogP contribution in [0.5, 0.6) is 0 Å². The molecule has 3 rings (SSSR count). The Hall–Kier alpha value is -1.30. The summed E-state index contributed by atoms with van der Waals surface area (Å²) >= 11 is 1.08. The first-order valence-electron chi connectivity index (χ1n) is 6.28. The van der Waals surface area contributed by atoms with Gasteiger partial charge in [0.2, 0.25) is 4.96 Å². The standard InChI is InChI=1S/C12H11F3N5S.HI/c1-2-5-19-6-3-4-8(7-19)9-18-20-10(12(13,14)15)16-17-11(20)21-9;/h3-4,6-7H,2,5H2,1H3;1H/q+1;/p-1. The van der Waals surface area contributed by atoms with Gasteiger partial charge >= 0.3 is 6.18 Å². The van der Waals surface area contributed by atoms with Gasteiger partial charge in [0.15, 0.2) is 17.4 Å². The van der Waals surface area contributed by atoms with Gasteiger partial charge in [-0.05, 0) is 6.07 Å². The van der Waals surface area contributed by atoms with Gasteiger partial charge < -0.3 is 24.0 Å². The van der Waals surface area contributed by atoms with Gasteiger partial charge in [0, 0.05) is 12.5 Å². The fourth-order valence-corrected chi connectivity index (χ4v) is 2.79. The summed E-state index contributed by atoms with van der Waals surface area (Å²) in [7, 11) is 0. The van der Waals surface area contributed by atoms with Crippen LogP contribution in [0.25, 0.3) is 15.5 Å². The van der Waals surface area contributed by atoms with Crippen molar-refractivity contribution in [2.24, 2.45) is 0 Å². The van der Waals surface area contributed by atoms with Crippen LogP contribution < -0.4 is 28.5 Å². The first kappa shape index (κ1) is 17.1. The number of halogens is 4. The molecule has 0 amide bonds. The Morgan fingerprint density at radius 3 is 2.77 bits per heavy atom. The Balaban J connectivity index is 0.00000176. The fourth-order valence-electron chi connectivity index (χ4n) is 1.96. The van der Waals surface area contributed by atoms with E-state index in [4.69, 9.17) is 0 Å². The summed E-state index contributed by atoms with van der Waals surface area (Å²) in [5.74, 6) is -1.10. The quantitative estimate of drug-likeness (QED) is 0.410. The molecule has 0 unspecified atom stereocenters. The zero-order valence-corrected chi connectivity index (χ0v) is 14.4. The molecule has 5 nitrogen and oxygen atoms in total. The molecule has 3 aromatic heterocycles. The maximum Gasteiger partial charge on any atom is 0.453 e. The topological polar surface area (TPSA) is 47.0 Å². The number of aryl methyl sites for hydroxylation is 1. The van der Waals surface area contributed by atoms with E-state index in [9.17, 15) is 13.2 Å². The molecule has 0 saturated carbocycles. The van der Waals surface area contributed by atoms with Gasteiger partial charge in [-0.2, -0.15) is 22.8 Å². The molecule has 0 aromatic carbocycles. The van der Waals surface area contributed by atoms with E-state index in [-0.39, 0.29) is 28.9 Å². The Morgan fingerprint density at radius 1 is 1.32 bits per heavy atom. The van der Waals surface area contributed by atoms with Gasteiger partial charge in [0.1, 0.15) is 6.54 Å². The highest BCUT2D eigenvalue weighted by Crippen LogP contribution is 2.31. The molecule has 0 aliphatic carbocycles. The predicted molar refractivity (Wildman–Crippen MR) is 69.6 cm³/mol. The third-order valence-corrected chi connectivity index (χ3v) is 3.78. The van der Waals surface area contributed by atoms with Gasteiger partial charge in [0.25, 0.3) is 5.82 Å². The first-order chi connectivity index (χ1) is 9.99. The Labute approximate surface area is 144 Å². The molecule has 0 spiro atoms. The molecule has 0 bridgehead atoms. The van der Waals surface area contributed by atoms with Crippen LogP contribution in [-0.4, -0.2) is 19.8 Å². The van der Waals surface area contributed by atoms with Crippen molar-refractivity contribution in [3.63, 3.8) is 0 Å². The second kappa shape index (κ2) is 6.44. The molecule has 0 atom stereocenters. The van der Waals surface area contributed by atoms with Crippen LogP contribution in [0.4, 0.5) is 13.2 Å². The van der Waals surface area contributed by atoms with E-state index in [1.54, 1.807) is 0 Å². The SMILES string of the molecule is CCC[n+]1cccc(-c2nn3c(C(F)(F)F)nnc3s2)c1.[I-]. The number of fused-ring (bicyclic) bond motifs is 1. The number of hydrogen-bond donors (Lipinski definition) is 0. The highest BCUT2D eigenvalue weighted by atomic mass is 127. The largest absolute Gasteiger partial charge is 1.00 e. The second-order valence-electron chi connectivity index (χ2n) is 4.45. The van der Waals surface area contributed by atoms with Crippen molar-refractivity contribution >= 4 is 16.3 Å². The third-order valence-electron chi connectivity index (χ3n) is 2.83. The minimum absolute atomic E-state index is 0. The lowest BCUT2D eigenvalue weighted by atomic mass is 10.3.